The molecule has 7 nitrogen and oxygen atoms in total. The molecule has 3 aromatic rings. The molecular formula is C25H24F4N4O3. The molecule has 0 saturated heterocycles. The third kappa shape index (κ3) is 5.05. The molecule has 2 heterocycles. The third-order valence-corrected chi connectivity index (χ3v) is 6.04. The van der Waals surface area contributed by atoms with E-state index in [4.69, 9.17) is 0 Å². The molecule has 1 atom stereocenters. The number of nitrogens with zero attached hydrogens (tertiary/aromatic N) is 3. The van der Waals surface area contributed by atoms with Crippen molar-refractivity contribution in [3.8, 4) is 0 Å². The number of ether oxygens (including phenoxy) is 1. The molecule has 190 valence electrons. The fourth-order valence-corrected chi connectivity index (χ4v) is 4.22. The SMILES string of the molecule is COC(=O)c1ccc([C@H](C)NC(=O)c2c(CF)nn3c2N(Cc2cccc(C(F)(F)F)c2)CC3)cc1. The maximum atomic E-state index is 13.8. The standard InChI is InChI=1S/C25H24F4N4O3/c1-15(17-6-8-18(9-7-17)24(35)36-2)30-22(34)21-20(13-26)31-33-11-10-32(23(21)33)14-16-4-3-5-19(12-16)25(27,28)29/h3-9,12,15H,10-11,13-14H2,1-2H3,(H,30,34)/t15-/m0/s1. The first-order valence-electron chi connectivity index (χ1n) is 11.2. The van der Waals surface area contributed by atoms with Crippen LogP contribution in [0.1, 0.15) is 56.1 Å². The number of halogens is 4. The largest absolute Gasteiger partial charge is 0.465 e. The smallest absolute Gasteiger partial charge is 0.416 e. The number of carbonyl (C=O) groups is 2. The van der Waals surface area contributed by atoms with Gasteiger partial charge in [-0.1, -0.05) is 24.3 Å². The monoisotopic (exact) mass is 504 g/mol. The Bertz CT molecular complexity index is 1270. The van der Waals surface area contributed by atoms with E-state index < -0.39 is 36.3 Å². The van der Waals surface area contributed by atoms with Crippen LogP contribution in [0.4, 0.5) is 23.4 Å². The second kappa shape index (κ2) is 10.00. The number of esters is 1. The lowest BCUT2D eigenvalue weighted by molar-refractivity contribution is -0.137. The van der Waals surface area contributed by atoms with Crippen LogP contribution in [0.5, 0.6) is 0 Å². The highest BCUT2D eigenvalue weighted by Crippen LogP contribution is 2.33. The van der Waals surface area contributed by atoms with Crippen LogP contribution in [-0.4, -0.2) is 35.3 Å². The van der Waals surface area contributed by atoms with Crippen LogP contribution in [0.25, 0.3) is 0 Å². The summed E-state index contributed by atoms with van der Waals surface area (Å²) in [5, 5.41) is 7.04. The van der Waals surface area contributed by atoms with Crippen LogP contribution in [0.3, 0.4) is 0 Å². The Hall–Kier alpha value is -3.89. The van der Waals surface area contributed by atoms with Crippen molar-refractivity contribution in [3.05, 3.63) is 82.0 Å². The summed E-state index contributed by atoms with van der Waals surface area (Å²) in [5.74, 6) is -0.669. The molecule has 0 aliphatic carbocycles. The zero-order chi connectivity index (χ0) is 26.0. The number of rotatable bonds is 7. The van der Waals surface area contributed by atoms with Crippen LogP contribution in [-0.2, 0) is 30.7 Å². The van der Waals surface area contributed by atoms with E-state index >= 15 is 0 Å². The summed E-state index contributed by atoms with van der Waals surface area (Å²) >= 11 is 0. The van der Waals surface area contributed by atoms with Crippen LogP contribution < -0.4 is 10.2 Å². The molecule has 1 N–H and O–H groups in total. The van der Waals surface area contributed by atoms with E-state index in [2.05, 4.69) is 15.2 Å². The van der Waals surface area contributed by atoms with Crippen LogP contribution in [0.2, 0.25) is 0 Å². The van der Waals surface area contributed by atoms with Gasteiger partial charge >= 0.3 is 12.1 Å². The fourth-order valence-electron chi connectivity index (χ4n) is 4.22. The average molecular weight is 504 g/mol. The van der Waals surface area contributed by atoms with Crippen molar-refractivity contribution in [2.45, 2.75) is 38.9 Å². The highest BCUT2D eigenvalue weighted by atomic mass is 19.4. The first-order chi connectivity index (χ1) is 17.1. The number of anilines is 1. The summed E-state index contributed by atoms with van der Waals surface area (Å²) in [6, 6.07) is 11.0. The Balaban J connectivity index is 1.56. The van der Waals surface area contributed by atoms with Crippen molar-refractivity contribution in [2.75, 3.05) is 18.6 Å². The number of amides is 1. The summed E-state index contributed by atoms with van der Waals surface area (Å²) in [6.45, 7) is 1.66. The van der Waals surface area contributed by atoms with Crippen LogP contribution in [0, 0.1) is 0 Å². The minimum atomic E-state index is -4.47. The molecule has 0 bridgehead atoms. The van der Waals surface area contributed by atoms with Gasteiger partial charge in [-0.25, -0.2) is 13.9 Å². The third-order valence-electron chi connectivity index (χ3n) is 6.04. The number of alkyl halides is 4. The van der Waals surface area contributed by atoms with E-state index in [0.29, 0.717) is 35.6 Å². The quantitative estimate of drug-likeness (QED) is 0.374. The van der Waals surface area contributed by atoms with Crippen molar-refractivity contribution in [3.63, 3.8) is 0 Å². The van der Waals surface area contributed by atoms with E-state index in [1.165, 1.54) is 17.9 Å². The molecule has 4 rings (SSSR count). The first kappa shape index (κ1) is 25.2. The molecule has 1 aromatic heterocycles. The number of carbonyl (C=O) groups excluding carboxylic acids is 2. The molecule has 0 fully saturated rings. The molecule has 2 aromatic carbocycles. The van der Waals surface area contributed by atoms with E-state index in [-0.39, 0.29) is 17.8 Å². The van der Waals surface area contributed by atoms with Crippen molar-refractivity contribution >= 4 is 17.7 Å². The predicted octanol–water partition coefficient (Wildman–Crippen LogP) is 4.67. The fraction of sp³-hybridized carbons (Fsp3) is 0.320. The number of hydrogen-bond acceptors (Lipinski definition) is 5. The molecule has 0 saturated carbocycles. The summed E-state index contributed by atoms with van der Waals surface area (Å²) in [4.78, 5) is 26.6. The molecule has 1 aliphatic rings. The molecule has 1 amide bonds. The van der Waals surface area contributed by atoms with Gasteiger partial charge in [-0.2, -0.15) is 18.3 Å². The van der Waals surface area contributed by atoms with Gasteiger partial charge in [-0.15, -0.1) is 0 Å². The Labute approximate surface area is 204 Å². The van der Waals surface area contributed by atoms with Gasteiger partial charge in [-0.05, 0) is 42.3 Å². The Kier molecular flexibility index (Phi) is 7.00. The van der Waals surface area contributed by atoms with Crippen molar-refractivity contribution < 1.29 is 31.9 Å². The number of nitrogens with one attached hydrogen (secondary N) is 1. The Morgan fingerprint density at radius 1 is 1.14 bits per heavy atom. The molecular weight excluding hydrogens is 480 g/mol. The summed E-state index contributed by atoms with van der Waals surface area (Å²) < 4.78 is 59.4. The lowest BCUT2D eigenvalue weighted by Crippen LogP contribution is -2.30. The van der Waals surface area contributed by atoms with E-state index in [1.807, 2.05) is 0 Å². The van der Waals surface area contributed by atoms with Gasteiger partial charge < -0.3 is 15.0 Å². The van der Waals surface area contributed by atoms with Crippen molar-refractivity contribution in [1.29, 1.82) is 0 Å². The normalized spacial score (nSPS) is 13.9. The average Bonchev–Trinajstić information content (AvgIpc) is 3.42. The molecule has 0 spiro atoms. The number of benzene rings is 2. The molecule has 0 unspecified atom stereocenters. The van der Waals surface area contributed by atoms with Gasteiger partial charge in [0.15, 0.2) is 0 Å². The van der Waals surface area contributed by atoms with Gasteiger partial charge in [-0.3, -0.25) is 4.79 Å². The maximum Gasteiger partial charge on any atom is 0.416 e. The Morgan fingerprint density at radius 3 is 2.50 bits per heavy atom. The zero-order valence-electron chi connectivity index (χ0n) is 19.6. The number of methoxy groups -OCH3 is 1. The lowest BCUT2D eigenvalue weighted by Gasteiger charge is -2.21. The topological polar surface area (TPSA) is 76.5 Å². The van der Waals surface area contributed by atoms with Crippen molar-refractivity contribution in [2.24, 2.45) is 0 Å². The van der Waals surface area contributed by atoms with Gasteiger partial charge in [0, 0.05) is 13.1 Å². The van der Waals surface area contributed by atoms with Gasteiger partial charge in [0.1, 0.15) is 23.7 Å². The Morgan fingerprint density at radius 2 is 1.86 bits per heavy atom. The molecule has 36 heavy (non-hydrogen) atoms. The molecule has 1 aliphatic heterocycles. The summed E-state index contributed by atoms with van der Waals surface area (Å²) in [6.07, 6.45) is -4.47. The number of hydrogen-bond donors (Lipinski definition) is 1. The first-order valence-corrected chi connectivity index (χ1v) is 11.2. The van der Waals surface area contributed by atoms with E-state index in [9.17, 15) is 27.2 Å². The van der Waals surface area contributed by atoms with Crippen LogP contribution in [0.15, 0.2) is 48.5 Å². The zero-order valence-corrected chi connectivity index (χ0v) is 19.6. The highest BCUT2D eigenvalue weighted by molar-refractivity contribution is 6.00. The van der Waals surface area contributed by atoms with Crippen molar-refractivity contribution in [1.82, 2.24) is 15.1 Å². The second-order valence-corrected chi connectivity index (χ2v) is 8.43. The molecule has 0 radical (unpaired) electrons. The van der Waals surface area contributed by atoms with Gasteiger partial charge in [0.2, 0.25) is 0 Å². The lowest BCUT2D eigenvalue weighted by atomic mass is 10.1. The highest BCUT2D eigenvalue weighted by Gasteiger charge is 2.33. The predicted molar refractivity (Wildman–Crippen MR) is 123 cm³/mol. The number of fused-ring (bicyclic) bond motifs is 1. The van der Waals surface area contributed by atoms with E-state index in [1.54, 1.807) is 42.2 Å². The summed E-state index contributed by atoms with van der Waals surface area (Å²) in [7, 11) is 1.28. The van der Waals surface area contributed by atoms with E-state index in [0.717, 1.165) is 12.1 Å². The maximum absolute atomic E-state index is 13.8. The minimum Gasteiger partial charge on any atom is -0.465 e. The minimum absolute atomic E-state index is 0.0375. The van der Waals surface area contributed by atoms with Gasteiger partial charge in [0.25, 0.3) is 5.91 Å². The van der Waals surface area contributed by atoms with Gasteiger partial charge in [0.05, 0.1) is 30.8 Å². The summed E-state index contributed by atoms with van der Waals surface area (Å²) in [5.41, 5.74) is 0.736. The van der Waals surface area contributed by atoms with Crippen LogP contribution >= 0.6 is 0 Å². The number of aromatic nitrogens is 2. The second-order valence-electron chi connectivity index (χ2n) is 8.43. The molecule has 11 heteroatoms.